The van der Waals surface area contributed by atoms with Crippen LogP contribution in [0.2, 0.25) is 0 Å². The van der Waals surface area contributed by atoms with Crippen LogP contribution in [0, 0.1) is 11.1 Å². The summed E-state index contributed by atoms with van der Waals surface area (Å²) in [6.45, 7) is 3.04. The Hall–Kier alpha value is -5.36. The van der Waals surface area contributed by atoms with Gasteiger partial charge >= 0.3 is 0 Å². The highest BCUT2D eigenvalue weighted by Gasteiger charge is 2.42. The maximum Gasteiger partial charge on any atom is 0.285 e. The van der Waals surface area contributed by atoms with E-state index in [-0.39, 0.29) is 37.5 Å². The molecule has 0 bridgehead atoms. The third-order valence-electron chi connectivity index (χ3n) is 9.15. The third kappa shape index (κ3) is 7.45. The van der Waals surface area contributed by atoms with Crippen LogP contribution in [0.1, 0.15) is 56.5 Å². The zero-order valence-electron chi connectivity index (χ0n) is 27.5. The highest BCUT2D eigenvalue weighted by Crippen LogP contribution is 2.35. The van der Waals surface area contributed by atoms with Gasteiger partial charge in [-0.15, -0.1) is 5.06 Å². The average molecular weight is 671 g/mol. The van der Waals surface area contributed by atoms with Crippen molar-refractivity contribution in [3.63, 3.8) is 0 Å². The molecule has 0 atom stereocenters. The Morgan fingerprint density at radius 2 is 0.820 bits per heavy atom. The van der Waals surface area contributed by atoms with Crippen molar-refractivity contribution < 1.29 is 20.7 Å². The van der Waals surface area contributed by atoms with E-state index in [2.05, 4.69) is 82.6 Å². The monoisotopic (exact) mass is 670 g/mol. The number of hydroxylamine groups is 2. The van der Waals surface area contributed by atoms with Gasteiger partial charge in [0.05, 0.1) is 23.2 Å². The van der Waals surface area contributed by atoms with E-state index in [1.807, 2.05) is 48.5 Å². The second-order valence-electron chi connectivity index (χ2n) is 12.3. The first-order valence-corrected chi connectivity index (χ1v) is 16.5. The highest BCUT2D eigenvalue weighted by molar-refractivity contribution is 6.20. The van der Waals surface area contributed by atoms with Crippen molar-refractivity contribution in [1.29, 1.82) is 11.1 Å². The lowest BCUT2D eigenvalue weighted by Crippen LogP contribution is -2.56. The molecule has 0 aromatic heterocycles. The van der Waals surface area contributed by atoms with Crippen molar-refractivity contribution >= 4 is 11.8 Å². The minimum atomic E-state index is -0.383. The second kappa shape index (κ2) is 16.4. The summed E-state index contributed by atoms with van der Waals surface area (Å²) < 4.78 is 0. The molecule has 5 aromatic carbocycles. The highest BCUT2D eigenvalue weighted by atomic mass is 16.7. The number of amides is 2. The van der Waals surface area contributed by atoms with Crippen molar-refractivity contribution in [2.45, 2.75) is 24.3 Å². The molecule has 10 heteroatoms. The summed E-state index contributed by atoms with van der Waals surface area (Å²) >= 11 is 0. The standard InChI is InChI=1S/C24H20N2O3.C16H18N2O.H2N2.H2/c27-23-20-13-7-8-14-21(20)24(28)26(23)29-19-15-25(16-19)22(17-9-3-1-4-10-17)18-11-5-2-6-12-18;17-19-15-11-18(12-15)16(13-7-3-1-4-8-13)14-9-5-2-6-10-14;1-2;/h1-14,19,22H,15-16H2;1-10,15-16H,11-12,17H2;1-2H;1H. The van der Waals surface area contributed by atoms with Crippen LogP contribution in [-0.2, 0) is 9.68 Å². The first-order chi connectivity index (χ1) is 24.6. The van der Waals surface area contributed by atoms with E-state index in [4.69, 9.17) is 26.6 Å². The number of nitrogens with two attached hydrogens (primary N) is 1. The van der Waals surface area contributed by atoms with Gasteiger partial charge in [0.2, 0.25) is 0 Å². The number of rotatable bonds is 9. The number of benzene rings is 5. The van der Waals surface area contributed by atoms with Gasteiger partial charge in [-0.2, -0.15) is 0 Å². The Balaban J connectivity index is 0.000000200. The number of nitrogens with zero attached hydrogens (tertiary/aromatic N) is 3. The molecule has 8 rings (SSSR count). The lowest BCUT2D eigenvalue weighted by atomic mass is 9.94. The summed E-state index contributed by atoms with van der Waals surface area (Å²) in [6.07, 6.45) is -0.0398. The summed E-state index contributed by atoms with van der Waals surface area (Å²) in [5.74, 6) is 4.48. The van der Waals surface area contributed by atoms with Gasteiger partial charge in [0.25, 0.3) is 11.8 Å². The quantitative estimate of drug-likeness (QED) is 0.0884. The lowest BCUT2D eigenvalue weighted by molar-refractivity contribution is -0.179. The molecule has 0 unspecified atom stereocenters. The number of hydrogen-bond donors (Lipinski definition) is 3. The Bertz CT molecular complexity index is 1730. The number of fused-ring (bicyclic) bond motifs is 1. The molecule has 3 aliphatic heterocycles. The molecule has 0 saturated carbocycles. The van der Waals surface area contributed by atoms with Gasteiger partial charge in [-0.05, 0) is 34.4 Å². The molecule has 2 fully saturated rings. The molecule has 3 aliphatic rings. The lowest BCUT2D eigenvalue weighted by Gasteiger charge is -2.44. The molecule has 0 spiro atoms. The van der Waals surface area contributed by atoms with E-state index in [0.29, 0.717) is 24.2 Å². The molecular formula is C40H42N6O4. The second-order valence-corrected chi connectivity index (χ2v) is 12.3. The Morgan fingerprint density at radius 1 is 0.520 bits per heavy atom. The first kappa shape index (κ1) is 34.5. The number of carbonyl (C=O) groups excluding carboxylic acids is 2. The minimum absolute atomic E-state index is 0. The van der Waals surface area contributed by atoms with Crippen molar-refractivity contribution in [2.24, 2.45) is 5.90 Å². The van der Waals surface area contributed by atoms with Crippen molar-refractivity contribution in [3.8, 4) is 0 Å². The minimum Gasteiger partial charge on any atom is -0.299 e. The Kier molecular flexibility index (Phi) is 11.3. The molecule has 10 nitrogen and oxygen atoms in total. The number of hydrogen-bond acceptors (Lipinski definition) is 9. The number of imide groups is 1. The SMILES string of the molecule is N=N.NOC1CN(C(c2ccccc2)c2ccccc2)C1.O=C1c2ccccc2C(=O)N1OC1CN(C(c2ccccc2)c2ccccc2)C1.[HH]. The van der Waals surface area contributed by atoms with Crippen LogP contribution in [0.25, 0.3) is 0 Å². The predicted molar refractivity (Wildman–Crippen MR) is 191 cm³/mol. The number of likely N-dealkylation sites (tertiary alicyclic amines) is 2. The Labute approximate surface area is 293 Å². The summed E-state index contributed by atoms with van der Waals surface area (Å²) in [5, 5.41) is 0.923. The summed E-state index contributed by atoms with van der Waals surface area (Å²) in [5.41, 5.74) is 15.8. The van der Waals surface area contributed by atoms with Gasteiger partial charge in [-0.25, -0.2) is 17.0 Å². The molecule has 2 saturated heterocycles. The van der Waals surface area contributed by atoms with Crippen LogP contribution < -0.4 is 5.90 Å². The van der Waals surface area contributed by atoms with E-state index < -0.39 is 0 Å². The smallest absolute Gasteiger partial charge is 0.285 e. The zero-order chi connectivity index (χ0) is 34.9. The molecule has 4 N–H and O–H groups in total. The van der Waals surface area contributed by atoms with Crippen LogP contribution in [0.4, 0.5) is 0 Å². The third-order valence-corrected chi connectivity index (χ3v) is 9.15. The fourth-order valence-electron chi connectivity index (χ4n) is 6.70. The van der Waals surface area contributed by atoms with Gasteiger partial charge in [-0.3, -0.25) is 29.1 Å². The summed E-state index contributed by atoms with van der Waals surface area (Å²) in [4.78, 5) is 40.4. The number of carbonyl (C=O) groups is 2. The molecule has 256 valence electrons. The van der Waals surface area contributed by atoms with Crippen molar-refractivity contribution in [2.75, 3.05) is 26.2 Å². The van der Waals surface area contributed by atoms with Crippen LogP contribution >= 0.6 is 0 Å². The molecule has 5 aromatic rings. The van der Waals surface area contributed by atoms with Crippen molar-refractivity contribution in [1.82, 2.24) is 14.9 Å². The van der Waals surface area contributed by atoms with Gasteiger partial charge < -0.3 is 0 Å². The van der Waals surface area contributed by atoms with E-state index in [1.165, 1.54) is 22.3 Å². The van der Waals surface area contributed by atoms with Crippen LogP contribution in [-0.4, -0.2) is 65.1 Å². The average Bonchev–Trinajstić information content (AvgIpc) is 3.39. The molecule has 0 aliphatic carbocycles. The van der Waals surface area contributed by atoms with Crippen LogP contribution in [0.15, 0.2) is 146 Å². The van der Waals surface area contributed by atoms with E-state index in [9.17, 15) is 9.59 Å². The van der Waals surface area contributed by atoms with Gasteiger partial charge in [-0.1, -0.05) is 133 Å². The first-order valence-electron chi connectivity index (χ1n) is 16.5. The molecule has 2 amide bonds. The normalized spacial score (nSPS) is 16.2. The topological polar surface area (TPSA) is 136 Å². The molecule has 50 heavy (non-hydrogen) atoms. The van der Waals surface area contributed by atoms with Crippen LogP contribution in [0.3, 0.4) is 0 Å². The molecule has 3 heterocycles. The number of nitrogens with one attached hydrogen (secondary N) is 2. The fourth-order valence-corrected chi connectivity index (χ4v) is 6.70. The molecular weight excluding hydrogens is 628 g/mol. The maximum atomic E-state index is 12.5. The van der Waals surface area contributed by atoms with Crippen LogP contribution in [0.5, 0.6) is 0 Å². The zero-order valence-corrected chi connectivity index (χ0v) is 27.5. The van der Waals surface area contributed by atoms with Gasteiger partial charge in [0, 0.05) is 27.6 Å². The summed E-state index contributed by atoms with van der Waals surface area (Å²) in [6, 6.07) is 49.0. The largest absolute Gasteiger partial charge is 0.299 e. The van der Waals surface area contributed by atoms with E-state index in [1.54, 1.807) is 24.3 Å². The van der Waals surface area contributed by atoms with Gasteiger partial charge in [0.1, 0.15) is 12.2 Å². The Morgan fingerprint density at radius 3 is 1.14 bits per heavy atom. The van der Waals surface area contributed by atoms with Gasteiger partial charge in [0.15, 0.2) is 0 Å². The summed E-state index contributed by atoms with van der Waals surface area (Å²) in [7, 11) is 0. The molecule has 0 radical (unpaired) electrons. The van der Waals surface area contributed by atoms with E-state index in [0.717, 1.165) is 18.2 Å². The maximum absolute atomic E-state index is 12.5. The predicted octanol–water partition coefficient (Wildman–Crippen LogP) is 6.88. The van der Waals surface area contributed by atoms with Crippen molar-refractivity contribution in [3.05, 3.63) is 179 Å². The van der Waals surface area contributed by atoms with E-state index >= 15 is 0 Å². The fraction of sp³-hybridized carbons (Fsp3) is 0.200.